The second-order valence-corrected chi connectivity index (χ2v) is 15.4. The summed E-state index contributed by atoms with van der Waals surface area (Å²) in [5.41, 5.74) is 0.656. The summed E-state index contributed by atoms with van der Waals surface area (Å²) >= 11 is 6.89. The molecule has 0 spiro atoms. The average molecular weight is 734 g/mol. The van der Waals surface area contributed by atoms with Gasteiger partial charge in [-0.1, -0.05) is 11.6 Å². The number of hydrogen-bond donors (Lipinski definition) is 1. The van der Waals surface area contributed by atoms with Crippen molar-refractivity contribution in [1.82, 2.24) is 18.8 Å². The molecule has 1 aromatic heterocycles. The van der Waals surface area contributed by atoms with Crippen LogP contribution in [0.15, 0.2) is 33.5 Å². The van der Waals surface area contributed by atoms with Crippen LogP contribution in [0.5, 0.6) is 5.75 Å². The molecule has 1 N–H and O–H groups in total. The molecule has 1 saturated heterocycles. The van der Waals surface area contributed by atoms with Gasteiger partial charge in [-0.25, -0.2) is 13.9 Å². The first-order valence-corrected chi connectivity index (χ1v) is 18.4. The minimum Gasteiger partial charge on any atom is -0.486 e. The number of anilines is 1. The number of nitrogens with one attached hydrogen (secondary N) is 1. The molecule has 1 aliphatic carbocycles. The summed E-state index contributed by atoms with van der Waals surface area (Å²) in [4.78, 5) is 46.0. The summed E-state index contributed by atoms with van der Waals surface area (Å²) in [6.45, 7) is 2.83. The van der Waals surface area contributed by atoms with Crippen LogP contribution >= 0.6 is 11.6 Å². The fraction of sp³-hybridized carbons (Fsp3) is 0.500. The van der Waals surface area contributed by atoms with Gasteiger partial charge in [-0.3, -0.25) is 14.5 Å². The third-order valence-corrected chi connectivity index (χ3v) is 11.6. The molecular weight excluding hydrogens is 693 g/mol. The first kappa shape index (κ1) is 36.0. The lowest BCUT2D eigenvalue weighted by Gasteiger charge is -2.40. The van der Waals surface area contributed by atoms with Crippen molar-refractivity contribution < 1.29 is 36.3 Å². The molecule has 2 aliphatic heterocycles. The Kier molecular flexibility index (Phi) is 10.4. The average Bonchev–Trinajstić information content (AvgIpc) is 3.60. The van der Waals surface area contributed by atoms with Gasteiger partial charge in [0.15, 0.2) is 17.1 Å². The smallest absolute Gasteiger partial charge is 0.341 e. The van der Waals surface area contributed by atoms with E-state index in [1.54, 1.807) is 7.11 Å². The Balaban J connectivity index is 1.28. The van der Waals surface area contributed by atoms with E-state index < -0.39 is 45.3 Å². The molecule has 3 heterocycles. The first-order chi connectivity index (χ1) is 23.8. The SMILES string of the molecule is COC[C@H]1CN(c2ccc3c4c(c(=O)oc3c2Cl)CN(C(=O)c2ccc(C(=O)NS(=O)(=O)N(C)C)c(OC3CCCC3)c2F)CC4)CCN1C. The van der Waals surface area contributed by atoms with Crippen LogP contribution in [0, 0.1) is 5.82 Å². The molecule has 3 aliphatic rings. The van der Waals surface area contributed by atoms with Crippen LogP contribution in [0.4, 0.5) is 10.1 Å². The van der Waals surface area contributed by atoms with Gasteiger partial charge in [-0.05, 0) is 69.0 Å². The van der Waals surface area contributed by atoms with E-state index in [4.69, 9.17) is 25.5 Å². The zero-order valence-corrected chi connectivity index (χ0v) is 30.0. The molecule has 1 saturated carbocycles. The zero-order chi connectivity index (χ0) is 35.9. The number of methoxy groups -OCH3 is 1. The van der Waals surface area contributed by atoms with E-state index >= 15 is 4.39 Å². The summed E-state index contributed by atoms with van der Waals surface area (Å²) in [7, 11) is 2.02. The van der Waals surface area contributed by atoms with Gasteiger partial charge in [0.25, 0.3) is 11.8 Å². The maximum atomic E-state index is 16.2. The highest BCUT2D eigenvalue weighted by molar-refractivity contribution is 7.87. The fourth-order valence-corrected chi connectivity index (χ4v) is 7.71. The number of halogens is 2. The Morgan fingerprint density at radius 3 is 2.50 bits per heavy atom. The molecule has 13 nitrogen and oxygen atoms in total. The van der Waals surface area contributed by atoms with Gasteiger partial charge in [-0.2, -0.15) is 12.7 Å². The molecule has 1 atom stereocenters. The highest BCUT2D eigenvalue weighted by atomic mass is 35.5. The molecular formula is C34H41ClFN5O8S. The zero-order valence-electron chi connectivity index (χ0n) is 28.5. The van der Waals surface area contributed by atoms with Crippen LogP contribution in [-0.2, 0) is 27.9 Å². The number of likely N-dealkylation sites (N-methyl/N-ethyl adjacent to an activating group) is 1. The lowest BCUT2D eigenvalue weighted by molar-refractivity contribution is 0.0725. The predicted molar refractivity (Wildman–Crippen MR) is 186 cm³/mol. The summed E-state index contributed by atoms with van der Waals surface area (Å²) in [6, 6.07) is 6.28. The van der Waals surface area contributed by atoms with Gasteiger partial charge in [0.05, 0.1) is 47.7 Å². The van der Waals surface area contributed by atoms with Crippen molar-refractivity contribution in [3.8, 4) is 5.75 Å². The molecule has 2 fully saturated rings. The van der Waals surface area contributed by atoms with Gasteiger partial charge >= 0.3 is 15.8 Å². The van der Waals surface area contributed by atoms with Crippen molar-refractivity contribution in [3.63, 3.8) is 0 Å². The number of piperazine rings is 1. The number of nitrogens with zero attached hydrogens (tertiary/aromatic N) is 4. The minimum atomic E-state index is -4.19. The van der Waals surface area contributed by atoms with Crippen molar-refractivity contribution in [3.05, 3.63) is 67.8 Å². The normalized spacial score (nSPS) is 18.9. The third kappa shape index (κ3) is 6.93. The number of fused-ring (bicyclic) bond motifs is 3. The van der Waals surface area contributed by atoms with Crippen molar-refractivity contribution >= 4 is 50.3 Å². The van der Waals surface area contributed by atoms with Crippen molar-refractivity contribution in [1.29, 1.82) is 0 Å². The molecule has 0 bridgehead atoms. The van der Waals surface area contributed by atoms with E-state index in [0.717, 1.165) is 42.0 Å². The Labute approximate surface area is 295 Å². The number of hydrogen-bond acceptors (Lipinski definition) is 10. The molecule has 2 amide bonds. The molecule has 50 heavy (non-hydrogen) atoms. The van der Waals surface area contributed by atoms with Crippen LogP contribution in [0.25, 0.3) is 11.0 Å². The number of benzene rings is 2. The molecule has 0 radical (unpaired) electrons. The van der Waals surface area contributed by atoms with Gasteiger partial charge in [0.1, 0.15) is 5.02 Å². The highest BCUT2D eigenvalue weighted by Crippen LogP contribution is 2.38. The lowest BCUT2D eigenvalue weighted by Crippen LogP contribution is -2.53. The molecule has 6 rings (SSSR count). The van der Waals surface area contributed by atoms with Gasteiger partial charge in [0.2, 0.25) is 0 Å². The Hall–Kier alpha value is -3.76. The second kappa shape index (κ2) is 14.5. The van der Waals surface area contributed by atoms with Crippen LogP contribution in [-0.4, -0.2) is 108 Å². The van der Waals surface area contributed by atoms with E-state index in [-0.39, 0.29) is 41.4 Å². The van der Waals surface area contributed by atoms with Crippen molar-refractivity contribution in [2.75, 3.05) is 65.9 Å². The van der Waals surface area contributed by atoms with E-state index in [9.17, 15) is 22.8 Å². The fourth-order valence-electron chi connectivity index (χ4n) is 6.86. The highest BCUT2D eigenvalue weighted by Gasteiger charge is 2.33. The quantitative estimate of drug-likeness (QED) is 0.326. The molecule has 0 unspecified atom stereocenters. The van der Waals surface area contributed by atoms with E-state index in [1.165, 1.54) is 25.1 Å². The summed E-state index contributed by atoms with van der Waals surface area (Å²) < 4.78 is 60.7. The predicted octanol–water partition coefficient (Wildman–Crippen LogP) is 3.41. The maximum Gasteiger partial charge on any atom is 0.341 e. The van der Waals surface area contributed by atoms with Crippen LogP contribution < -0.4 is 20.0 Å². The van der Waals surface area contributed by atoms with Gasteiger partial charge in [-0.15, -0.1) is 0 Å². The van der Waals surface area contributed by atoms with Crippen molar-refractivity contribution in [2.45, 2.75) is 50.8 Å². The number of carbonyl (C=O) groups is 2. The molecule has 16 heteroatoms. The number of ether oxygens (including phenoxy) is 2. The minimum absolute atomic E-state index is 0.134. The standard InChI is InChI=1S/C34H41ClFN5O8S/c1-38(2)50(45,46)37-32(42)25-10-9-24(29(36)31(25)48-21-7-5-6-8-21)33(43)41-14-13-22-23-11-12-27(28(35)30(23)49-34(44)26(22)18-41)40-16-15-39(3)20(17-40)19-47-4/h9-12,20-21H,5-8,13-19H2,1-4H3,(H,37,42)/t20-/m1/s1. The monoisotopic (exact) mass is 733 g/mol. The van der Waals surface area contributed by atoms with Gasteiger partial charge in [0, 0.05) is 52.8 Å². The van der Waals surface area contributed by atoms with Crippen LogP contribution in [0.1, 0.15) is 57.5 Å². The number of rotatable bonds is 9. The van der Waals surface area contributed by atoms with E-state index in [1.807, 2.05) is 16.9 Å². The topological polar surface area (TPSA) is 142 Å². The van der Waals surface area contributed by atoms with E-state index in [2.05, 4.69) is 16.8 Å². The number of amides is 2. The van der Waals surface area contributed by atoms with Gasteiger partial charge < -0.3 is 23.7 Å². The summed E-state index contributed by atoms with van der Waals surface area (Å²) in [5.74, 6) is -3.38. The largest absolute Gasteiger partial charge is 0.486 e. The van der Waals surface area contributed by atoms with Crippen molar-refractivity contribution in [2.24, 2.45) is 0 Å². The molecule has 270 valence electrons. The van der Waals surface area contributed by atoms with E-state index in [0.29, 0.717) is 48.4 Å². The Bertz CT molecular complexity index is 1980. The third-order valence-electron chi connectivity index (χ3n) is 9.81. The van der Waals surface area contributed by atoms with Crippen LogP contribution in [0.2, 0.25) is 5.02 Å². The summed E-state index contributed by atoms with van der Waals surface area (Å²) in [6.07, 6.45) is 2.83. The van der Waals surface area contributed by atoms with Crippen LogP contribution in [0.3, 0.4) is 0 Å². The Morgan fingerprint density at radius 1 is 1.08 bits per heavy atom. The molecule has 3 aromatic rings. The summed E-state index contributed by atoms with van der Waals surface area (Å²) in [5, 5.41) is 1.01. The Morgan fingerprint density at radius 2 is 1.80 bits per heavy atom. The maximum absolute atomic E-state index is 16.2. The lowest BCUT2D eigenvalue weighted by atomic mass is 9.96. The number of carbonyl (C=O) groups excluding carboxylic acids is 2. The molecule has 2 aromatic carbocycles. The first-order valence-electron chi connectivity index (χ1n) is 16.5. The second-order valence-electron chi connectivity index (χ2n) is 13.2.